The Balaban J connectivity index is 2.24. The molecule has 0 aliphatic heterocycles. The quantitative estimate of drug-likeness (QED) is 0.611. The number of hydrogen-bond acceptors (Lipinski definition) is 5. The minimum Gasteiger partial charge on any atom is -0.399 e. The maximum Gasteiger partial charge on any atom is 0.241 e. The van der Waals surface area contributed by atoms with Crippen LogP contribution in [0.25, 0.3) is 21.9 Å². The van der Waals surface area contributed by atoms with Gasteiger partial charge in [-0.1, -0.05) is 12.1 Å². The first kappa shape index (κ1) is 16.4. The second kappa shape index (κ2) is 6.56. The van der Waals surface area contributed by atoms with Crippen molar-refractivity contribution in [3.63, 3.8) is 0 Å². The van der Waals surface area contributed by atoms with Gasteiger partial charge >= 0.3 is 0 Å². The Bertz CT molecular complexity index is 987. The van der Waals surface area contributed by atoms with Gasteiger partial charge in [-0.05, 0) is 41.5 Å². The molecule has 0 fully saturated rings. The van der Waals surface area contributed by atoms with Crippen LogP contribution in [0.2, 0.25) is 0 Å². The fourth-order valence-corrected chi connectivity index (χ4v) is 3.85. The number of benzene rings is 2. The van der Waals surface area contributed by atoms with E-state index in [0.717, 1.165) is 16.5 Å². The lowest BCUT2D eigenvalue weighted by atomic mass is 10.0. The molecule has 1 heterocycles. The predicted octanol–water partition coefficient (Wildman–Crippen LogP) is 1.72. The van der Waals surface area contributed by atoms with Gasteiger partial charge in [-0.2, -0.15) is 0 Å². The molecule has 0 amide bonds. The molecule has 0 aliphatic rings. The van der Waals surface area contributed by atoms with E-state index in [2.05, 4.69) is 9.71 Å². The van der Waals surface area contributed by atoms with Crippen LogP contribution in [0.3, 0.4) is 0 Å². The molecule has 24 heavy (non-hydrogen) atoms. The fourth-order valence-electron chi connectivity index (χ4n) is 2.55. The highest BCUT2D eigenvalue weighted by molar-refractivity contribution is 7.89. The Hall–Kier alpha value is -2.48. The zero-order valence-electron chi connectivity index (χ0n) is 12.9. The Morgan fingerprint density at radius 1 is 1.08 bits per heavy atom. The van der Waals surface area contributed by atoms with E-state index in [1.807, 2.05) is 18.2 Å². The summed E-state index contributed by atoms with van der Waals surface area (Å²) in [4.78, 5) is 4.29. The number of anilines is 1. The molecular weight excluding hydrogens is 324 g/mol. The van der Waals surface area contributed by atoms with Crippen LogP contribution in [0.15, 0.2) is 59.8 Å². The number of nitrogen functional groups attached to an aromatic ring is 1. The van der Waals surface area contributed by atoms with Crippen molar-refractivity contribution in [3.05, 3.63) is 54.9 Å². The summed E-state index contributed by atoms with van der Waals surface area (Å²) in [6, 6.07) is 12.6. The molecule has 0 radical (unpaired) electrons. The third-order valence-electron chi connectivity index (χ3n) is 3.66. The van der Waals surface area contributed by atoms with E-state index in [1.165, 1.54) is 0 Å². The third-order valence-corrected chi connectivity index (χ3v) is 5.16. The van der Waals surface area contributed by atoms with E-state index in [4.69, 9.17) is 11.5 Å². The largest absolute Gasteiger partial charge is 0.399 e. The van der Waals surface area contributed by atoms with Gasteiger partial charge in [-0.15, -0.1) is 0 Å². The van der Waals surface area contributed by atoms with Gasteiger partial charge in [0.05, 0.1) is 4.90 Å². The molecule has 0 atom stereocenters. The van der Waals surface area contributed by atoms with E-state index < -0.39 is 10.0 Å². The lowest BCUT2D eigenvalue weighted by Gasteiger charge is -2.12. The minimum atomic E-state index is -3.68. The fraction of sp³-hybridized carbons (Fsp3) is 0.118. The van der Waals surface area contributed by atoms with Crippen LogP contribution in [-0.4, -0.2) is 26.5 Å². The smallest absolute Gasteiger partial charge is 0.241 e. The summed E-state index contributed by atoms with van der Waals surface area (Å²) in [5, 5.41) is 1.35. The van der Waals surface area contributed by atoms with Crippen molar-refractivity contribution in [1.29, 1.82) is 0 Å². The number of nitrogens with two attached hydrogens (primary N) is 2. The van der Waals surface area contributed by atoms with Crippen LogP contribution in [0.5, 0.6) is 0 Å². The molecule has 0 bridgehead atoms. The standard InChI is InChI=1S/C17H18N4O2S/c18-5-7-21-24(22,23)17-10-13(12-2-1-3-15(19)9-12)8-14-11-20-6-4-16(14)17/h1-4,6,8-11,21H,5,7,18-19H2. The van der Waals surface area contributed by atoms with E-state index in [-0.39, 0.29) is 18.0 Å². The normalized spacial score (nSPS) is 11.7. The first-order chi connectivity index (χ1) is 11.5. The van der Waals surface area contributed by atoms with Crippen LogP contribution in [0.1, 0.15) is 0 Å². The maximum absolute atomic E-state index is 12.6. The second-order valence-corrected chi connectivity index (χ2v) is 7.12. The van der Waals surface area contributed by atoms with E-state index in [0.29, 0.717) is 11.1 Å². The van der Waals surface area contributed by atoms with Crippen molar-refractivity contribution in [2.45, 2.75) is 4.90 Å². The van der Waals surface area contributed by atoms with Crippen molar-refractivity contribution in [2.24, 2.45) is 5.73 Å². The number of hydrogen-bond donors (Lipinski definition) is 3. The summed E-state index contributed by atoms with van der Waals surface area (Å²) in [7, 11) is -3.68. The summed E-state index contributed by atoms with van der Waals surface area (Å²) in [5.41, 5.74) is 13.5. The molecule has 0 spiro atoms. The molecule has 6 nitrogen and oxygen atoms in total. The number of sulfonamides is 1. The Morgan fingerprint density at radius 3 is 2.67 bits per heavy atom. The van der Waals surface area contributed by atoms with Crippen molar-refractivity contribution < 1.29 is 8.42 Å². The molecule has 2 aromatic carbocycles. The first-order valence-corrected chi connectivity index (χ1v) is 8.93. The third kappa shape index (κ3) is 3.23. The topological polar surface area (TPSA) is 111 Å². The van der Waals surface area contributed by atoms with Crippen molar-refractivity contribution in [3.8, 4) is 11.1 Å². The second-order valence-electron chi connectivity index (χ2n) is 5.38. The number of rotatable bonds is 5. The lowest BCUT2D eigenvalue weighted by molar-refractivity contribution is 0.583. The van der Waals surface area contributed by atoms with Crippen LogP contribution in [0, 0.1) is 0 Å². The van der Waals surface area contributed by atoms with Gasteiger partial charge in [0, 0.05) is 41.9 Å². The van der Waals surface area contributed by atoms with Crippen LogP contribution >= 0.6 is 0 Å². The highest BCUT2D eigenvalue weighted by Crippen LogP contribution is 2.30. The molecule has 7 heteroatoms. The zero-order chi connectivity index (χ0) is 17.2. The first-order valence-electron chi connectivity index (χ1n) is 7.45. The maximum atomic E-state index is 12.6. The zero-order valence-corrected chi connectivity index (χ0v) is 13.8. The molecule has 3 rings (SSSR count). The predicted molar refractivity (Wildman–Crippen MR) is 95.8 cm³/mol. The summed E-state index contributed by atoms with van der Waals surface area (Å²) in [6.07, 6.45) is 3.22. The molecule has 0 aliphatic carbocycles. The van der Waals surface area contributed by atoms with Crippen LogP contribution in [0.4, 0.5) is 5.69 Å². The van der Waals surface area contributed by atoms with E-state index in [9.17, 15) is 8.42 Å². The van der Waals surface area contributed by atoms with Gasteiger partial charge in [-0.25, -0.2) is 13.1 Å². The van der Waals surface area contributed by atoms with Crippen molar-refractivity contribution >= 4 is 26.5 Å². The number of nitrogens with one attached hydrogen (secondary N) is 1. The number of nitrogens with zero attached hydrogens (tertiary/aromatic N) is 1. The number of fused-ring (bicyclic) bond motifs is 1. The number of aromatic nitrogens is 1. The molecule has 0 unspecified atom stereocenters. The van der Waals surface area contributed by atoms with Crippen LogP contribution < -0.4 is 16.2 Å². The molecule has 124 valence electrons. The van der Waals surface area contributed by atoms with Crippen molar-refractivity contribution in [2.75, 3.05) is 18.8 Å². The highest BCUT2D eigenvalue weighted by atomic mass is 32.2. The molecule has 0 saturated heterocycles. The molecule has 0 saturated carbocycles. The van der Waals surface area contributed by atoms with Crippen molar-refractivity contribution in [1.82, 2.24) is 9.71 Å². The van der Waals surface area contributed by atoms with Gasteiger partial charge < -0.3 is 11.5 Å². The average molecular weight is 342 g/mol. The Kier molecular flexibility index (Phi) is 4.48. The van der Waals surface area contributed by atoms with Gasteiger partial charge in [-0.3, -0.25) is 4.98 Å². The number of pyridine rings is 1. The minimum absolute atomic E-state index is 0.178. The van der Waals surface area contributed by atoms with E-state index in [1.54, 1.807) is 36.7 Å². The SMILES string of the molecule is NCCNS(=O)(=O)c1cc(-c2cccc(N)c2)cc2cnccc12. The molecular formula is C17H18N4O2S. The molecule has 5 N–H and O–H groups in total. The molecule has 3 aromatic rings. The molecule has 1 aromatic heterocycles. The summed E-state index contributed by atoms with van der Waals surface area (Å²) >= 11 is 0. The summed E-state index contributed by atoms with van der Waals surface area (Å²) in [5.74, 6) is 0. The Morgan fingerprint density at radius 2 is 1.92 bits per heavy atom. The summed E-state index contributed by atoms with van der Waals surface area (Å²) < 4.78 is 27.8. The lowest BCUT2D eigenvalue weighted by Crippen LogP contribution is -2.29. The van der Waals surface area contributed by atoms with E-state index >= 15 is 0 Å². The van der Waals surface area contributed by atoms with Gasteiger partial charge in [0.2, 0.25) is 10.0 Å². The summed E-state index contributed by atoms with van der Waals surface area (Å²) in [6.45, 7) is 0.408. The highest BCUT2D eigenvalue weighted by Gasteiger charge is 2.18. The van der Waals surface area contributed by atoms with Crippen LogP contribution in [-0.2, 0) is 10.0 Å². The van der Waals surface area contributed by atoms with Gasteiger partial charge in [0.25, 0.3) is 0 Å². The monoisotopic (exact) mass is 342 g/mol. The van der Waals surface area contributed by atoms with Gasteiger partial charge in [0.15, 0.2) is 0 Å². The Labute approximate surface area is 140 Å². The van der Waals surface area contributed by atoms with Gasteiger partial charge in [0.1, 0.15) is 0 Å². The average Bonchev–Trinajstić information content (AvgIpc) is 2.59.